The lowest BCUT2D eigenvalue weighted by Gasteiger charge is -2.46. The maximum Gasteiger partial charge on any atom is 0.417 e. The lowest BCUT2D eigenvalue weighted by Crippen LogP contribution is -2.69. The highest BCUT2D eigenvalue weighted by atomic mass is 16.6. The topological polar surface area (TPSA) is 59.1 Å². The van der Waals surface area contributed by atoms with Crippen molar-refractivity contribution in [3.05, 3.63) is 11.6 Å². The molecule has 0 aromatic heterocycles. The fourth-order valence-corrected chi connectivity index (χ4v) is 3.19. The third-order valence-electron chi connectivity index (χ3n) is 4.41. The van der Waals surface area contributed by atoms with Crippen molar-refractivity contribution in [1.29, 1.82) is 0 Å². The van der Waals surface area contributed by atoms with Crippen LogP contribution in [0.25, 0.3) is 0 Å². The van der Waals surface area contributed by atoms with Crippen molar-refractivity contribution in [3.63, 3.8) is 0 Å². The maximum absolute atomic E-state index is 12.5. The molecule has 23 heavy (non-hydrogen) atoms. The average molecular weight is 322 g/mol. The van der Waals surface area contributed by atoms with Gasteiger partial charge in [-0.3, -0.25) is 9.69 Å². The zero-order chi connectivity index (χ0) is 17.0. The number of carbonyl (C=O) groups excluding carboxylic acids is 2. The van der Waals surface area contributed by atoms with Gasteiger partial charge in [0.2, 0.25) is 0 Å². The summed E-state index contributed by atoms with van der Waals surface area (Å²) in [4.78, 5) is 27.9. The van der Waals surface area contributed by atoms with Gasteiger partial charge in [-0.15, -0.1) is 0 Å². The lowest BCUT2D eigenvalue weighted by molar-refractivity contribution is -0.160. The van der Waals surface area contributed by atoms with Crippen LogP contribution < -0.4 is 0 Å². The molecule has 0 aromatic carbocycles. The number of nitrogens with zero attached hydrogens (tertiary/aromatic N) is 2. The van der Waals surface area contributed by atoms with E-state index < -0.39 is 17.4 Å². The van der Waals surface area contributed by atoms with E-state index in [2.05, 4.69) is 11.0 Å². The van der Waals surface area contributed by atoms with Gasteiger partial charge in [0.1, 0.15) is 17.4 Å². The van der Waals surface area contributed by atoms with Crippen molar-refractivity contribution in [2.45, 2.75) is 70.9 Å². The molecule has 1 saturated carbocycles. The summed E-state index contributed by atoms with van der Waals surface area (Å²) in [5.74, 6) is -0.197. The lowest BCUT2D eigenvalue weighted by atomic mass is 10.0. The fourth-order valence-electron chi connectivity index (χ4n) is 3.19. The number of imide groups is 1. The minimum atomic E-state index is -0.600. The Morgan fingerprint density at radius 1 is 1.35 bits per heavy atom. The van der Waals surface area contributed by atoms with Gasteiger partial charge in [0.05, 0.1) is 19.2 Å². The van der Waals surface area contributed by atoms with Crippen LogP contribution in [0, 0.1) is 0 Å². The molecular formula is C17H26N2O4. The number of β-lactam (4-membered cyclic amide) rings is 1. The van der Waals surface area contributed by atoms with E-state index in [1.165, 1.54) is 10.5 Å². The monoisotopic (exact) mass is 322 g/mol. The largest absolute Gasteiger partial charge is 0.443 e. The molecule has 2 amide bonds. The van der Waals surface area contributed by atoms with E-state index in [-0.39, 0.29) is 18.0 Å². The van der Waals surface area contributed by atoms with Crippen LogP contribution in [0.15, 0.2) is 11.6 Å². The van der Waals surface area contributed by atoms with E-state index in [1.54, 1.807) is 20.8 Å². The standard InChI is InChI=1S/C17H26N2O4/c1-16(2,3)23-15(21)18-9-13(14(18)20)19-12(8-11-6-7-11)10-22-17(19,4)5/h8,12-13H,6-7,9-10H2,1-5H3/t12-,13?/m0/s1. The molecular weight excluding hydrogens is 296 g/mol. The van der Waals surface area contributed by atoms with Crippen molar-refractivity contribution in [1.82, 2.24) is 9.80 Å². The summed E-state index contributed by atoms with van der Waals surface area (Å²) in [5, 5.41) is 0. The number of carbonyl (C=O) groups is 2. The highest BCUT2D eigenvalue weighted by Crippen LogP contribution is 2.37. The molecule has 0 radical (unpaired) electrons. The average Bonchev–Trinajstić information content (AvgIpc) is 3.15. The van der Waals surface area contributed by atoms with Gasteiger partial charge in [0, 0.05) is 0 Å². The molecule has 0 N–H and O–H groups in total. The Morgan fingerprint density at radius 3 is 2.52 bits per heavy atom. The Labute approximate surface area is 137 Å². The molecule has 0 spiro atoms. The number of ether oxygens (including phenoxy) is 2. The van der Waals surface area contributed by atoms with Crippen molar-refractivity contribution >= 4 is 12.0 Å². The van der Waals surface area contributed by atoms with Crippen molar-refractivity contribution in [2.24, 2.45) is 0 Å². The third kappa shape index (κ3) is 3.28. The first kappa shape index (κ1) is 16.5. The molecule has 3 fully saturated rings. The Hall–Kier alpha value is -1.40. The van der Waals surface area contributed by atoms with Gasteiger partial charge < -0.3 is 9.47 Å². The number of allylic oxidation sites excluding steroid dienone is 1. The highest BCUT2D eigenvalue weighted by Gasteiger charge is 2.54. The summed E-state index contributed by atoms with van der Waals surface area (Å²) in [6.45, 7) is 10.3. The van der Waals surface area contributed by atoms with Gasteiger partial charge in [-0.25, -0.2) is 9.69 Å². The third-order valence-corrected chi connectivity index (χ3v) is 4.41. The van der Waals surface area contributed by atoms with Crippen molar-refractivity contribution in [3.8, 4) is 0 Å². The number of hydrogen-bond acceptors (Lipinski definition) is 5. The Bertz CT molecular complexity index is 555. The van der Waals surface area contributed by atoms with Crippen LogP contribution in [-0.2, 0) is 14.3 Å². The smallest absolute Gasteiger partial charge is 0.417 e. The second kappa shape index (κ2) is 5.31. The first-order valence-electron chi connectivity index (χ1n) is 8.25. The predicted molar refractivity (Wildman–Crippen MR) is 84.7 cm³/mol. The summed E-state index contributed by atoms with van der Waals surface area (Å²) in [6.07, 6.45) is 3.95. The first-order chi connectivity index (χ1) is 10.6. The van der Waals surface area contributed by atoms with Crippen LogP contribution in [-0.4, -0.2) is 58.4 Å². The number of hydrogen-bond donors (Lipinski definition) is 0. The van der Waals surface area contributed by atoms with Gasteiger partial charge in [0.25, 0.3) is 5.91 Å². The molecule has 3 aliphatic rings. The molecule has 2 heterocycles. The number of amides is 2. The second-order valence-electron chi connectivity index (χ2n) is 8.00. The van der Waals surface area contributed by atoms with Crippen LogP contribution >= 0.6 is 0 Å². The Kier molecular flexibility index (Phi) is 3.80. The van der Waals surface area contributed by atoms with Crippen molar-refractivity contribution in [2.75, 3.05) is 13.2 Å². The van der Waals surface area contributed by atoms with Gasteiger partial charge in [-0.05, 0) is 47.5 Å². The van der Waals surface area contributed by atoms with Crippen LogP contribution in [0.2, 0.25) is 0 Å². The molecule has 2 aliphatic heterocycles. The zero-order valence-corrected chi connectivity index (χ0v) is 14.6. The first-order valence-corrected chi connectivity index (χ1v) is 8.25. The molecule has 0 aromatic rings. The van der Waals surface area contributed by atoms with Crippen molar-refractivity contribution < 1.29 is 19.1 Å². The van der Waals surface area contributed by atoms with E-state index in [1.807, 2.05) is 13.8 Å². The molecule has 1 unspecified atom stereocenters. The normalized spacial score (nSPS) is 30.2. The predicted octanol–water partition coefficient (Wildman–Crippen LogP) is 2.29. The van der Waals surface area contributed by atoms with Gasteiger partial charge in [-0.1, -0.05) is 11.6 Å². The van der Waals surface area contributed by atoms with E-state index in [9.17, 15) is 9.59 Å². The van der Waals surface area contributed by atoms with Gasteiger partial charge in [0.15, 0.2) is 0 Å². The molecule has 1 aliphatic carbocycles. The van der Waals surface area contributed by atoms with Crippen LogP contribution in [0.1, 0.15) is 47.5 Å². The molecule has 3 rings (SSSR count). The number of rotatable bonds is 2. The van der Waals surface area contributed by atoms with Crippen LogP contribution in [0.5, 0.6) is 0 Å². The minimum Gasteiger partial charge on any atom is -0.443 e. The second-order valence-corrected chi connectivity index (χ2v) is 8.00. The highest BCUT2D eigenvalue weighted by molar-refractivity contribution is 6.00. The summed E-state index contributed by atoms with van der Waals surface area (Å²) in [6, 6.07) is -0.210. The van der Waals surface area contributed by atoms with Crippen LogP contribution in [0.4, 0.5) is 4.79 Å². The van der Waals surface area contributed by atoms with Gasteiger partial charge >= 0.3 is 6.09 Å². The summed E-state index contributed by atoms with van der Waals surface area (Å²) >= 11 is 0. The van der Waals surface area contributed by atoms with Crippen LogP contribution in [0.3, 0.4) is 0 Å². The Balaban J connectivity index is 1.69. The summed E-state index contributed by atoms with van der Waals surface area (Å²) in [7, 11) is 0. The Morgan fingerprint density at radius 2 is 2.00 bits per heavy atom. The summed E-state index contributed by atoms with van der Waals surface area (Å²) < 4.78 is 11.2. The van der Waals surface area contributed by atoms with E-state index in [0.29, 0.717) is 13.2 Å². The quantitative estimate of drug-likeness (QED) is 0.577. The molecule has 6 heteroatoms. The SMILES string of the molecule is CC(C)(C)OC(=O)N1CC(N2[C@@H](C=C3CC3)COC2(C)C)C1=O. The van der Waals surface area contributed by atoms with E-state index >= 15 is 0 Å². The maximum atomic E-state index is 12.5. The summed E-state index contributed by atoms with van der Waals surface area (Å²) in [5.41, 5.74) is 0.325. The molecule has 2 atom stereocenters. The molecule has 0 bridgehead atoms. The van der Waals surface area contributed by atoms with Gasteiger partial charge in [-0.2, -0.15) is 0 Å². The fraction of sp³-hybridized carbons (Fsp3) is 0.765. The van der Waals surface area contributed by atoms with E-state index in [0.717, 1.165) is 12.8 Å². The number of likely N-dealkylation sites (tertiary alicyclic amines) is 1. The molecule has 2 saturated heterocycles. The molecule has 128 valence electrons. The van der Waals surface area contributed by atoms with E-state index in [4.69, 9.17) is 9.47 Å². The molecule has 6 nitrogen and oxygen atoms in total. The minimum absolute atomic E-state index is 0.109. The zero-order valence-electron chi connectivity index (χ0n) is 14.6.